The number of ether oxygens (including phenoxy) is 2. The van der Waals surface area contributed by atoms with Crippen LogP contribution in [-0.2, 0) is 5.41 Å². The lowest BCUT2D eigenvalue weighted by Crippen LogP contribution is -2.29. The molecule has 0 spiro atoms. The number of thiocarbonyl (C=S) groups is 1. The highest BCUT2D eigenvalue weighted by molar-refractivity contribution is 7.80. The summed E-state index contributed by atoms with van der Waals surface area (Å²) >= 11 is 7.09. The molecule has 1 unspecified atom stereocenters. The molecule has 32 heavy (non-hydrogen) atoms. The molecule has 3 aromatic rings. The van der Waals surface area contributed by atoms with Crippen LogP contribution in [0.3, 0.4) is 0 Å². The Labute approximate surface area is 199 Å². The second kappa shape index (κ2) is 10.8. The maximum Gasteiger partial charge on any atom is 0.269 e. The summed E-state index contributed by atoms with van der Waals surface area (Å²) in [6.45, 7) is 7.13. The Morgan fingerprint density at radius 2 is 1.88 bits per heavy atom. The molecule has 0 aliphatic heterocycles. The molecule has 0 aliphatic carbocycles. The molecular weight excluding hydrogens is 440 g/mol. The maximum absolute atomic E-state index is 10.2. The maximum atomic E-state index is 10.2. The summed E-state index contributed by atoms with van der Waals surface area (Å²) in [6, 6.07) is 17.5. The second-order valence-corrected chi connectivity index (χ2v) is 9.69. The van der Waals surface area contributed by atoms with Crippen LogP contribution in [0.1, 0.15) is 26.3 Å². The number of rotatable bonds is 8. The zero-order valence-corrected chi connectivity index (χ0v) is 20.5. The van der Waals surface area contributed by atoms with Gasteiger partial charge in [0.2, 0.25) is 0 Å². The lowest BCUT2D eigenvalue weighted by molar-refractivity contribution is 0.117. The van der Waals surface area contributed by atoms with Gasteiger partial charge in [0.1, 0.15) is 24.2 Å². The quantitative estimate of drug-likeness (QED) is 0.412. The van der Waals surface area contributed by atoms with Gasteiger partial charge in [-0.05, 0) is 58.9 Å². The first-order valence-electron chi connectivity index (χ1n) is 10.5. The molecule has 3 rings (SSSR count). The molecule has 2 aromatic carbocycles. The molecule has 1 aromatic heterocycles. The Bertz CT molecular complexity index is 999. The molecule has 2 N–H and O–H groups in total. The van der Waals surface area contributed by atoms with E-state index < -0.39 is 6.10 Å². The minimum Gasteiger partial charge on any atom is -0.491 e. The van der Waals surface area contributed by atoms with Gasteiger partial charge in [0.05, 0.1) is 0 Å². The highest BCUT2D eigenvalue weighted by Crippen LogP contribution is 2.26. The summed E-state index contributed by atoms with van der Waals surface area (Å²) in [6.07, 6.45) is -0.628. The van der Waals surface area contributed by atoms with Gasteiger partial charge in [-0.1, -0.05) is 39.0 Å². The van der Waals surface area contributed by atoms with Gasteiger partial charge in [-0.25, -0.2) is 0 Å². The van der Waals surface area contributed by atoms with E-state index >= 15 is 0 Å². The molecule has 0 amide bonds. The molecule has 1 heterocycles. The summed E-state index contributed by atoms with van der Waals surface area (Å²) in [4.78, 5) is 1.79. The van der Waals surface area contributed by atoms with Crippen molar-refractivity contribution in [3.8, 4) is 11.5 Å². The van der Waals surface area contributed by atoms with E-state index in [2.05, 4.69) is 38.2 Å². The summed E-state index contributed by atoms with van der Waals surface area (Å²) in [5.74, 6) is 1.35. The van der Waals surface area contributed by atoms with Crippen LogP contribution in [0.5, 0.6) is 11.5 Å². The molecule has 0 saturated carbocycles. The molecule has 0 saturated heterocycles. The number of aliphatic hydroxyl groups excluding tert-OH is 1. The van der Waals surface area contributed by atoms with Gasteiger partial charge in [-0.3, -0.25) is 0 Å². The Kier molecular flexibility index (Phi) is 8.12. The van der Waals surface area contributed by atoms with Crippen LogP contribution in [0.2, 0.25) is 0 Å². The third kappa shape index (κ3) is 6.95. The van der Waals surface area contributed by atoms with Gasteiger partial charge in [-0.15, -0.1) is 0 Å². The van der Waals surface area contributed by atoms with E-state index in [4.69, 9.17) is 21.7 Å². The summed E-state index contributed by atoms with van der Waals surface area (Å²) in [5.41, 5.74) is 3.16. The number of nitrogens with zero attached hydrogens (tertiary/aromatic N) is 1. The topological polar surface area (TPSA) is 54.0 Å². The first-order valence-corrected chi connectivity index (χ1v) is 11.8. The SMILES string of the molecule is CN(C(=S)Oc1ccc(C(C)(C)C)cc1)c1cccc(OCC(O)CNc2ccsc2)c1. The van der Waals surface area contributed by atoms with E-state index in [9.17, 15) is 5.11 Å². The minimum atomic E-state index is -0.628. The van der Waals surface area contributed by atoms with Gasteiger partial charge < -0.3 is 24.8 Å². The lowest BCUT2D eigenvalue weighted by atomic mass is 9.87. The number of hydrogen-bond acceptors (Lipinski definition) is 6. The monoisotopic (exact) mass is 470 g/mol. The molecule has 5 nitrogen and oxygen atoms in total. The van der Waals surface area contributed by atoms with Crippen molar-refractivity contribution < 1.29 is 14.6 Å². The van der Waals surface area contributed by atoms with Crippen LogP contribution in [-0.4, -0.2) is 36.6 Å². The summed E-state index contributed by atoms with van der Waals surface area (Å²) in [5, 5.41) is 17.7. The largest absolute Gasteiger partial charge is 0.491 e. The number of benzene rings is 2. The van der Waals surface area contributed by atoms with Crippen LogP contribution >= 0.6 is 23.6 Å². The Morgan fingerprint density at radius 1 is 1.12 bits per heavy atom. The number of hydrogen-bond donors (Lipinski definition) is 2. The van der Waals surface area contributed by atoms with Crippen molar-refractivity contribution in [2.45, 2.75) is 32.3 Å². The highest BCUT2D eigenvalue weighted by Gasteiger charge is 2.15. The standard InChI is InChI=1S/C25H30N2O3S2/c1-25(2,3)18-8-10-22(11-9-18)30-24(31)27(4)20-6-5-7-23(14-20)29-16-21(28)15-26-19-12-13-32-17-19/h5-14,17,21,26,28H,15-16H2,1-4H3. The molecule has 0 radical (unpaired) electrons. The zero-order chi connectivity index (χ0) is 23.1. The Morgan fingerprint density at radius 3 is 2.53 bits per heavy atom. The first-order chi connectivity index (χ1) is 15.2. The lowest BCUT2D eigenvalue weighted by Gasteiger charge is -2.22. The summed E-state index contributed by atoms with van der Waals surface area (Å²) < 4.78 is 11.6. The normalized spacial score (nSPS) is 12.2. The van der Waals surface area contributed by atoms with Crippen molar-refractivity contribution in [3.05, 3.63) is 70.9 Å². The van der Waals surface area contributed by atoms with Crippen molar-refractivity contribution in [1.29, 1.82) is 0 Å². The van der Waals surface area contributed by atoms with Gasteiger partial charge in [0.25, 0.3) is 5.17 Å². The number of thiophene rings is 1. The van der Waals surface area contributed by atoms with Crippen LogP contribution in [0.4, 0.5) is 11.4 Å². The number of anilines is 2. The van der Waals surface area contributed by atoms with Gasteiger partial charge >= 0.3 is 0 Å². The van der Waals surface area contributed by atoms with Crippen molar-refractivity contribution in [1.82, 2.24) is 0 Å². The van der Waals surface area contributed by atoms with Crippen LogP contribution < -0.4 is 19.7 Å². The fourth-order valence-corrected chi connectivity index (χ4v) is 3.75. The van der Waals surface area contributed by atoms with Crippen molar-refractivity contribution in [2.75, 3.05) is 30.4 Å². The molecule has 7 heteroatoms. The van der Waals surface area contributed by atoms with E-state index in [0.717, 1.165) is 11.4 Å². The fraction of sp³-hybridized carbons (Fsp3) is 0.320. The van der Waals surface area contributed by atoms with Crippen LogP contribution in [0.25, 0.3) is 0 Å². The predicted octanol–water partition coefficient (Wildman–Crippen LogP) is 5.70. The smallest absolute Gasteiger partial charge is 0.269 e. The van der Waals surface area contributed by atoms with E-state index in [-0.39, 0.29) is 12.0 Å². The molecule has 0 bridgehead atoms. The second-order valence-electron chi connectivity index (χ2n) is 8.56. The summed E-state index contributed by atoms with van der Waals surface area (Å²) in [7, 11) is 1.85. The number of nitrogens with one attached hydrogen (secondary N) is 1. The molecular formula is C25H30N2O3S2. The van der Waals surface area contributed by atoms with Gasteiger partial charge in [0.15, 0.2) is 0 Å². The van der Waals surface area contributed by atoms with E-state index in [1.54, 1.807) is 16.2 Å². The van der Waals surface area contributed by atoms with Crippen molar-refractivity contribution in [2.24, 2.45) is 0 Å². The fourth-order valence-electron chi connectivity index (χ4n) is 2.93. The first kappa shape index (κ1) is 24.0. The molecule has 170 valence electrons. The van der Waals surface area contributed by atoms with Gasteiger partial charge in [-0.2, -0.15) is 11.3 Å². The zero-order valence-electron chi connectivity index (χ0n) is 18.9. The Hall–Kier alpha value is -2.61. The molecule has 0 aliphatic rings. The van der Waals surface area contributed by atoms with Crippen LogP contribution in [0, 0.1) is 0 Å². The predicted molar refractivity (Wildman–Crippen MR) is 138 cm³/mol. The van der Waals surface area contributed by atoms with Crippen molar-refractivity contribution in [3.63, 3.8) is 0 Å². The highest BCUT2D eigenvalue weighted by atomic mass is 32.1. The van der Waals surface area contributed by atoms with Gasteiger partial charge in [0, 0.05) is 36.4 Å². The third-order valence-corrected chi connectivity index (χ3v) is 5.95. The average Bonchev–Trinajstić information content (AvgIpc) is 3.29. The van der Waals surface area contributed by atoms with E-state index in [1.165, 1.54) is 5.56 Å². The number of aliphatic hydroxyl groups is 1. The van der Waals surface area contributed by atoms with E-state index in [0.29, 0.717) is 23.2 Å². The minimum absolute atomic E-state index is 0.0871. The average molecular weight is 471 g/mol. The molecule has 1 atom stereocenters. The van der Waals surface area contributed by atoms with Crippen LogP contribution in [0.15, 0.2) is 65.4 Å². The third-order valence-electron chi connectivity index (χ3n) is 4.91. The van der Waals surface area contributed by atoms with Crippen molar-refractivity contribution >= 4 is 40.1 Å². The molecule has 0 fully saturated rings. The Balaban J connectivity index is 1.53. The van der Waals surface area contributed by atoms with E-state index in [1.807, 2.05) is 60.3 Å².